The Morgan fingerprint density at radius 1 is 1.50 bits per heavy atom. The molecular formula is C15H21FN2O2. The Balaban J connectivity index is 1.85. The monoisotopic (exact) mass is 280 g/mol. The zero-order valence-corrected chi connectivity index (χ0v) is 11.7. The second-order valence-electron chi connectivity index (χ2n) is 5.71. The largest absolute Gasteiger partial charge is 0.388 e. The summed E-state index contributed by atoms with van der Waals surface area (Å²) < 4.78 is 13.4. The lowest BCUT2D eigenvalue weighted by atomic mass is 9.79. The van der Waals surface area contributed by atoms with E-state index in [2.05, 4.69) is 17.6 Å². The smallest absolute Gasteiger partial charge is 0.319 e. The molecule has 1 aliphatic carbocycles. The van der Waals surface area contributed by atoms with Crippen LogP contribution in [0.25, 0.3) is 0 Å². The molecule has 0 saturated heterocycles. The number of aliphatic hydroxyl groups is 1. The van der Waals surface area contributed by atoms with Gasteiger partial charge in [0.05, 0.1) is 11.3 Å². The van der Waals surface area contributed by atoms with Crippen molar-refractivity contribution in [1.82, 2.24) is 5.32 Å². The number of para-hydroxylation sites is 1. The lowest BCUT2D eigenvalue weighted by molar-refractivity contribution is -0.00920. The van der Waals surface area contributed by atoms with Crippen LogP contribution in [0.4, 0.5) is 14.9 Å². The Kier molecular flexibility index (Phi) is 4.60. The summed E-state index contributed by atoms with van der Waals surface area (Å²) in [6.45, 7) is 2.29. The number of rotatable bonds is 3. The van der Waals surface area contributed by atoms with Gasteiger partial charge in [-0.3, -0.25) is 0 Å². The van der Waals surface area contributed by atoms with Gasteiger partial charge in [-0.1, -0.05) is 31.9 Å². The number of nitrogens with one attached hydrogen (secondary N) is 2. The zero-order valence-electron chi connectivity index (χ0n) is 11.7. The van der Waals surface area contributed by atoms with E-state index in [1.165, 1.54) is 12.1 Å². The third kappa shape index (κ3) is 3.93. The van der Waals surface area contributed by atoms with E-state index < -0.39 is 17.4 Å². The van der Waals surface area contributed by atoms with Gasteiger partial charge in [0.1, 0.15) is 5.82 Å². The van der Waals surface area contributed by atoms with Crippen molar-refractivity contribution in [2.24, 2.45) is 5.92 Å². The molecule has 1 saturated carbocycles. The van der Waals surface area contributed by atoms with Crippen LogP contribution in [0.3, 0.4) is 0 Å². The number of anilines is 1. The van der Waals surface area contributed by atoms with Crippen molar-refractivity contribution in [3.05, 3.63) is 30.1 Å². The fraction of sp³-hybridized carbons (Fsp3) is 0.533. The normalized spacial score (nSPS) is 26.1. The van der Waals surface area contributed by atoms with Gasteiger partial charge in [0.2, 0.25) is 0 Å². The number of urea groups is 1. The average molecular weight is 280 g/mol. The maximum atomic E-state index is 13.4. The molecule has 0 heterocycles. The molecule has 2 rings (SSSR count). The van der Waals surface area contributed by atoms with Crippen LogP contribution in [0, 0.1) is 11.7 Å². The average Bonchev–Trinajstić information content (AvgIpc) is 2.39. The first-order valence-electron chi connectivity index (χ1n) is 7.00. The molecule has 0 spiro atoms. The van der Waals surface area contributed by atoms with Crippen molar-refractivity contribution in [3.63, 3.8) is 0 Å². The molecule has 1 aromatic carbocycles. The SMILES string of the molecule is CC1CCCC(O)(CNC(=O)Nc2ccccc2F)C1. The van der Waals surface area contributed by atoms with E-state index in [4.69, 9.17) is 0 Å². The Morgan fingerprint density at radius 2 is 2.25 bits per heavy atom. The summed E-state index contributed by atoms with van der Waals surface area (Å²) in [5.74, 6) is -0.0159. The van der Waals surface area contributed by atoms with Gasteiger partial charge in [0, 0.05) is 6.54 Å². The van der Waals surface area contributed by atoms with Crippen molar-refractivity contribution in [2.45, 2.75) is 38.2 Å². The predicted octanol–water partition coefficient (Wildman–Crippen LogP) is 2.89. The van der Waals surface area contributed by atoms with Gasteiger partial charge in [-0.2, -0.15) is 0 Å². The third-order valence-corrected chi connectivity index (χ3v) is 3.77. The topological polar surface area (TPSA) is 61.4 Å². The second kappa shape index (κ2) is 6.22. The molecule has 20 heavy (non-hydrogen) atoms. The standard InChI is InChI=1S/C15H21FN2O2/c1-11-5-4-8-15(20,9-11)10-17-14(19)18-13-7-3-2-6-12(13)16/h2-3,6-7,11,20H,4-5,8-10H2,1H3,(H2,17,18,19). The Hall–Kier alpha value is -1.62. The van der Waals surface area contributed by atoms with E-state index in [1.54, 1.807) is 12.1 Å². The maximum absolute atomic E-state index is 13.4. The van der Waals surface area contributed by atoms with Crippen LogP contribution in [-0.2, 0) is 0 Å². The van der Waals surface area contributed by atoms with Gasteiger partial charge < -0.3 is 15.7 Å². The van der Waals surface area contributed by atoms with Crippen LogP contribution in [-0.4, -0.2) is 23.3 Å². The minimum Gasteiger partial charge on any atom is -0.388 e. The second-order valence-corrected chi connectivity index (χ2v) is 5.71. The van der Waals surface area contributed by atoms with Gasteiger partial charge in [0.25, 0.3) is 0 Å². The summed E-state index contributed by atoms with van der Waals surface area (Å²) in [5, 5.41) is 15.5. The Labute approximate surface area is 118 Å². The molecule has 2 atom stereocenters. The number of carbonyl (C=O) groups excluding carboxylic acids is 1. The Bertz CT molecular complexity index is 481. The minimum atomic E-state index is -0.843. The van der Waals surface area contributed by atoms with Crippen LogP contribution >= 0.6 is 0 Å². The number of hydrogen-bond acceptors (Lipinski definition) is 2. The summed E-state index contributed by atoms with van der Waals surface area (Å²) in [4.78, 5) is 11.7. The highest BCUT2D eigenvalue weighted by Crippen LogP contribution is 2.31. The fourth-order valence-electron chi connectivity index (χ4n) is 2.77. The summed E-state index contributed by atoms with van der Waals surface area (Å²) in [5.41, 5.74) is -0.710. The summed E-state index contributed by atoms with van der Waals surface area (Å²) in [6.07, 6.45) is 3.46. The first-order chi connectivity index (χ1) is 9.48. The van der Waals surface area contributed by atoms with E-state index in [0.717, 1.165) is 12.8 Å². The number of amides is 2. The highest BCUT2D eigenvalue weighted by Gasteiger charge is 2.32. The number of carbonyl (C=O) groups is 1. The first kappa shape index (κ1) is 14.8. The lowest BCUT2D eigenvalue weighted by Gasteiger charge is -2.35. The van der Waals surface area contributed by atoms with Crippen molar-refractivity contribution in [3.8, 4) is 0 Å². The van der Waals surface area contributed by atoms with Gasteiger partial charge in [-0.05, 0) is 30.9 Å². The van der Waals surface area contributed by atoms with E-state index in [9.17, 15) is 14.3 Å². The molecule has 5 heteroatoms. The predicted molar refractivity (Wildman–Crippen MR) is 76.0 cm³/mol. The highest BCUT2D eigenvalue weighted by molar-refractivity contribution is 5.89. The molecular weight excluding hydrogens is 259 g/mol. The third-order valence-electron chi connectivity index (χ3n) is 3.77. The van der Waals surface area contributed by atoms with E-state index in [1.807, 2.05) is 0 Å². The quantitative estimate of drug-likeness (QED) is 0.797. The van der Waals surface area contributed by atoms with Crippen molar-refractivity contribution < 1.29 is 14.3 Å². The van der Waals surface area contributed by atoms with Gasteiger partial charge in [0.15, 0.2) is 0 Å². The Morgan fingerprint density at radius 3 is 2.95 bits per heavy atom. The van der Waals surface area contributed by atoms with E-state index in [-0.39, 0.29) is 12.2 Å². The van der Waals surface area contributed by atoms with Crippen molar-refractivity contribution in [2.75, 3.05) is 11.9 Å². The van der Waals surface area contributed by atoms with E-state index in [0.29, 0.717) is 18.8 Å². The van der Waals surface area contributed by atoms with Gasteiger partial charge in [-0.15, -0.1) is 0 Å². The summed E-state index contributed by atoms with van der Waals surface area (Å²) >= 11 is 0. The molecule has 1 aliphatic rings. The molecule has 4 nitrogen and oxygen atoms in total. The fourth-order valence-corrected chi connectivity index (χ4v) is 2.77. The van der Waals surface area contributed by atoms with Crippen LogP contribution < -0.4 is 10.6 Å². The molecule has 2 unspecified atom stereocenters. The molecule has 1 fully saturated rings. The maximum Gasteiger partial charge on any atom is 0.319 e. The first-order valence-corrected chi connectivity index (χ1v) is 7.00. The van der Waals surface area contributed by atoms with Crippen molar-refractivity contribution >= 4 is 11.7 Å². The molecule has 2 amide bonds. The van der Waals surface area contributed by atoms with E-state index >= 15 is 0 Å². The molecule has 0 bridgehead atoms. The van der Waals surface area contributed by atoms with Crippen LogP contribution in [0.2, 0.25) is 0 Å². The lowest BCUT2D eigenvalue weighted by Crippen LogP contribution is -2.46. The summed E-state index contributed by atoms with van der Waals surface area (Å²) in [6, 6.07) is 5.49. The number of hydrogen-bond donors (Lipinski definition) is 3. The van der Waals surface area contributed by atoms with Crippen LogP contribution in [0.15, 0.2) is 24.3 Å². The molecule has 0 aliphatic heterocycles. The number of halogens is 1. The molecule has 110 valence electrons. The number of benzene rings is 1. The van der Waals surface area contributed by atoms with Crippen LogP contribution in [0.1, 0.15) is 32.6 Å². The minimum absolute atomic E-state index is 0.133. The molecule has 3 N–H and O–H groups in total. The van der Waals surface area contributed by atoms with Gasteiger partial charge in [-0.25, -0.2) is 9.18 Å². The van der Waals surface area contributed by atoms with Crippen LogP contribution in [0.5, 0.6) is 0 Å². The zero-order chi connectivity index (χ0) is 14.6. The summed E-state index contributed by atoms with van der Waals surface area (Å²) in [7, 11) is 0. The molecule has 0 aromatic heterocycles. The highest BCUT2D eigenvalue weighted by atomic mass is 19.1. The van der Waals surface area contributed by atoms with Crippen molar-refractivity contribution in [1.29, 1.82) is 0 Å². The molecule has 0 radical (unpaired) electrons. The molecule has 1 aromatic rings. The van der Waals surface area contributed by atoms with Gasteiger partial charge >= 0.3 is 6.03 Å².